The van der Waals surface area contributed by atoms with E-state index in [1.165, 1.54) is 0 Å². The molecule has 0 bridgehead atoms. The Hall–Kier alpha value is -2.29. The van der Waals surface area contributed by atoms with Crippen LogP contribution in [0, 0.1) is 0 Å². The minimum absolute atomic E-state index is 0.0769. The van der Waals surface area contributed by atoms with Crippen molar-refractivity contribution in [1.29, 1.82) is 0 Å². The van der Waals surface area contributed by atoms with Gasteiger partial charge in [0.05, 0.1) is 16.8 Å². The fraction of sp³-hybridized carbons (Fsp3) is 0.278. The van der Waals surface area contributed by atoms with E-state index in [0.717, 1.165) is 23.4 Å². The standard InChI is InChI=1S/C18H20N2O/c1-3-18(14-9-5-4-6-10-14)13-20(2)16-12-8-7-11-15(16)19-17(18)21/h4-12H,3,13H2,1-2H3,(H,19,21). The zero-order chi connectivity index (χ0) is 14.9. The van der Waals surface area contributed by atoms with Crippen molar-refractivity contribution in [2.24, 2.45) is 0 Å². The molecular weight excluding hydrogens is 260 g/mol. The first-order valence-corrected chi connectivity index (χ1v) is 7.34. The van der Waals surface area contributed by atoms with E-state index in [-0.39, 0.29) is 5.91 Å². The highest BCUT2D eigenvalue weighted by atomic mass is 16.2. The van der Waals surface area contributed by atoms with Crippen molar-refractivity contribution in [3.05, 3.63) is 60.2 Å². The second kappa shape index (κ2) is 5.24. The van der Waals surface area contributed by atoms with Crippen molar-refractivity contribution < 1.29 is 4.79 Å². The first-order valence-electron chi connectivity index (χ1n) is 7.34. The normalized spacial score (nSPS) is 21.4. The molecule has 1 aliphatic rings. The molecule has 0 fully saturated rings. The highest BCUT2D eigenvalue weighted by molar-refractivity contribution is 6.03. The molecular formula is C18H20N2O. The van der Waals surface area contributed by atoms with Gasteiger partial charge in [-0.3, -0.25) is 4.79 Å². The second-order valence-corrected chi connectivity index (χ2v) is 5.63. The van der Waals surface area contributed by atoms with E-state index in [9.17, 15) is 4.79 Å². The van der Waals surface area contributed by atoms with Gasteiger partial charge in [0.15, 0.2) is 0 Å². The third-order valence-electron chi connectivity index (χ3n) is 4.44. The third kappa shape index (κ3) is 2.19. The van der Waals surface area contributed by atoms with Crippen LogP contribution < -0.4 is 10.2 Å². The number of hydrogen-bond donors (Lipinski definition) is 1. The summed E-state index contributed by atoms with van der Waals surface area (Å²) >= 11 is 0. The summed E-state index contributed by atoms with van der Waals surface area (Å²) in [6.45, 7) is 2.76. The number of carbonyl (C=O) groups excluding carboxylic acids is 1. The number of amides is 1. The van der Waals surface area contributed by atoms with Crippen molar-refractivity contribution in [3.63, 3.8) is 0 Å². The number of fused-ring (bicyclic) bond motifs is 1. The van der Waals surface area contributed by atoms with Crippen molar-refractivity contribution >= 4 is 17.3 Å². The molecule has 1 N–H and O–H groups in total. The molecule has 1 amide bonds. The third-order valence-corrected chi connectivity index (χ3v) is 4.44. The fourth-order valence-electron chi connectivity index (χ4n) is 3.17. The smallest absolute Gasteiger partial charge is 0.236 e. The first-order chi connectivity index (χ1) is 10.2. The summed E-state index contributed by atoms with van der Waals surface area (Å²) in [6.07, 6.45) is 0.765. The molecule has 0 saturated heterocycles. The summed E-state index contributed by atoms with van der Waals surface area (Å²) in [4.78, 5) is 15.1. The van der Waals surface area contributed by atoms with E-state index < -0.39 is 5.41 Å². The van der Waals surface area contributed by atoms with E-state index in [1.807, 2.05) is 61.6 Å². The Kier molecular flexibility index (Phi) is 3.42. The van der Waals surface area contributed by atoms with E-state index in [0.29, 0.717) is 6.54 Å². The summed E-state index contributed by atoms with van der Waals surface area (Å²) in [5.41, 5.74) is 2.51. The van der Waals surface area contributed by atoms with Crippen molar-refractivity contribution in [2.45, 2.75) is 18.8 Å². The molecule has 0 aromatic heterocycles. The number of anilines is 2. The van der Waals surface area contributed by atoms with E-state index in [4.69, 9.17) is 0 Å². The molecule has 2 aromatic rings. The molecule has 0 spiro atoms. The van der Waals surface area contributed by atoms with Crippen LogP contribution in [-0.2, 0) is 10.2 Å². The number of rotatable bonds is 2. The highest BCUT2D eigenvalue weighted by Crippen LogP contribution is 2.37. The van der Waals surface area contributed by atoms with Crippen molar-refractivity contribution in [1.82, 2.24) is 0 Å². The van der Waals surface area contributed by atoms with Crippen LogP contribution in [0.3, 0.4) is 0 Å². The SMILES string of the molecule is CCC1(c2ccccc2)CN(C)c2ccccc2NC1=O. The van der Waals surface area contributed by atoms with Crippen LogP contribution in [0.15, 0.2) is 54.6 Å². The average molecular weight is 280 g/mol. The lowest BCUT2D eigenvalue weighted by molar-refractivity contribution is -0.121. The summed E-state index contributed by atoms with van der Waals surface area (Å²) < 4.78 is 0. The maximum Gasteiger partial charge on any atom is 0.236 e. The van der Waals surface area contributed by atoms with E-state index in [1.54, 1.807) is 0 Å². The van der Waals surface area contributed by atoms with E-state index >= 15 is 0 Å². The minimum atomic E-state index is -0.519. The molecule has 3 heteroatoms. The topological polar surface area (TPSA) is 32.3 Å². The number of benzene rings is 2. The Morgan fingerprint density at radius 3 is 2.48 bits per heavy atom. The number of para-hydroxylation sites is 2. The van der Waals surface area contributed by atoms with Gasteiger partial charge in [-0.2, -0.15) is 0 Å². The fourth-order valence-corrected chi connectivity index (χ4v) is 3.17. The Morgan fingerprint density at radius 1 is 1.10 bits per heavy atom. The molecule has 108 valence electrons. The van der Waals surface area contributed by atoms with Gasteiger partial charge in [-0.05, 0) is 24.1 Å². The molecule has 1 heterocycles. The predicted octanol–water partition coefficient (Wildman–Crippen LogP) is 3.42. The van der Waals surface area contributed by atoms with Gasteiger partial charge in [-0.1, -0.05) is 49.4 Å². The van der Waals surface area contributed by atoms with E-state index in [2.05, 4.69) is 17.1 Å². The lowest BCUT2D eigenvalue weighted by atomic mass is 9.77. The molecule has 0 saturated carbocycles. The molecule has 1 atom stereocenters. The number of carbonyl (C=O) groups is 1. The Morgan fingerprint density at radius 2 is 1.76 bits per heavy atom. The molecule has 1 unspecified atom stereocenters. The quantitative estimate of drug-likeness (QED) is 0.914. The van der Waals surface area contributed by atoms with Gasteiger partial charge < -0.3 is 10.2 Å². The van der Waals surface area contributed by atoms with Crippen LogP contribution >= 0.6 is 0 Å². The maximum absolute atomic E-state index is 12.9. The van der Waals surface area contributed by atoms with Gasteiger partial charge in [0, 0.05) is 13.6 Å². The van der Waals surface area contributed by atoms with Crippen molar-refractivity contribution in [3.8, 4) is 0 Å². The van der Waals surface area contributed by atoms with Gasteiger partial charge in [-0.25, -0.2) is 0 Å². The number of likely N-dealkylation sites (N-methyl/N-ethyl adjacent to an activating group) is 1. The molecule has 0 aliphatic carbocycles. The zero-order valence-corrected chi connectivity index (χ0v) is 12.5. The molecule has 3 nitrogen and oxygen atoms in total. The highest BCUT2D eigenvalue weighted by Gasteiger charge is 2.42. The van der Waals surface area contributed by atoms with Crippen LogP contribution in [0.4, 0.5) is 11.4 Å². The Labute approximate surface area is 125 Å². The molecule has 3 rings (SSSR count). The minimum Gasteiger partial charge on any atom is -0.371 e. The van der Waals surface area contributed by atoms with Gasteiger partial charge in [-0.15, -0.1) is 0 Å². The monoisotopic (exact) mass is 280 g/mol. The van der Waals surface area contributed by atoms with Crippen LogP contribution in [0.5, 0.6) is 0 Å². The summed E-state index contributed by atoms with van der Waals surface area (Å²) in [5, 5.41) is 3.11. The Bertz CT molecular complexity index is 653. The van der Waals surface area contributed by atoms with Gasteiger partial charge in [0.1, 0.15) is 0 Å². The van der Waals surface area contributed by atoms with Crippen LogP contribution in [0.2, 0.25) is 0 Å². The maximum atomic E-state index is 12.9. The summed E-state index contributed by atoms with van der Waals surface area (Å²) in [5.74, 6) is 0.0769. The molecule has 1 aliphatic heterocycles. The van der Waals surface area contributed by atoms with Crippen molar-refractivity contribution in [2.75, 3.05) is 23.8 Å². The lowest BCUT2D eigenvalue weighted by Gasteiger charge is -2.33. The molecule has 21 heavy (non-hydrogen) atoms. The number of hydrogen-bond acceptors (Lipinski definition) is 2. The first kappa shape index (κ1) is 13.7. The largest absolute Gasteiger partial charge is 0.371 e. The number of nitrogens with one attached hydrogen (secondary N) is 1. The Balaban J connectivity index is 2.11. The van der Waals surface area contributed by atoms with Crippen LogP contribution in [0.1, 0.15) is 18.9 Å². The van der Waals surface area contributed by atoms with Crippen LogP contribution in [-0.4, -0.2) is 19.5 Å². The van der Waals surface area contributed by atoms with Crippen LogP contribution in [0.25, 0.3) is 0 Å². The summed E-state index contributed by atoms with van der Waals surface area (Å²) in [6, 6.07) is 18.0. The zero-order valence-electron chi connectivity index (χ0n) is 12.5. The summed E-state index contributed by atoms with van der Waals surface area (Å²) in [7, 11) is 2.05. The molecule has 2 aromatic carbocycles. The number of nitrogens with zero attached hydrogens (tertiary/aromatic N) is 1. The van der Waals surface area contributed by atoms with Gasteiger partial charge in [0.2, 0.25) is 5.91 Å². The predicted molar refractivity (Wildman–Crippen MR) is 86.8 cm³/mol. The lowest BCUT2D eigenvalue weighted by Crippen LogP contribution is -2.46. The second-order valence-electron chi connectivity index (χ2n) is 5.63. The average Bonchev–Trinajstić information content (AvgIpc) is 2.64. The van der Waals surface area contributed by atoms with Gasteiger partial charge >= 0.3 is 0 Å². The molecule has 0 radical (unpaired) electrons. The van der Waals surface area contributed by atoms with Gasteiger partial charge in [0.25, 0.3) is 0 Å².